The zero-order chi connectivity index (χ0) is 13.4. The minimum Gasteiger partial charge on any atom is -0.408 e. The van der Waals surface area contributed by atoms with Gasteiger partial charge in [-0.25, -0.2) is 4.79 Å². The Kier molecular flexibility index (Phi) is 3.00. The molecule has 3 aromatic rings. The fraction of sp³-hybridized carbons (Fsp3) is 0.0714. The highest BCUT2D eigenvalue weighted by molar-refractivity contribution is 9.10. The fourth-order valence-corrected chi connectivity index (χ4v) is 2.42. The molecule has 2 aromatic carbocycles. The Bertz CT molecular complexity index is 790. The first-order valence-corrected chi connectivity index (χ1v) is 6.49. The van der Waals surface area contributed by atoms with Crippen LogP contribution in [-0.2, 0) is 0 Å². The highest BCUT2D eigenvalue weighted by atomic mass is 79.9. The molecular formula is C14H10BrNO3. The number of hydrogen-bond donors (Lipinski definition) is 2. The average molecular weight is 320 g/mol. The molecule has 1 heterocycles. The molecule has 96 valence electrons. The third-order valence-electron chi connectivity index (χ3n) is 2.93. The minimum absolute atomic E-state index is 0.441. The molecule has 1 unspecified atom stereocenters. The van der Waals surface area contributed by atoms with E-state index in [-0.39, 0.29) is 0 Å². The summed E-state index contributed by atoms with van der Waals surface area (Å²) in [5.41, 5.74) is 2.51. The summed E-state index contributed by atoms with van der Waals surface area (Å²) in [5.74, 6) is -0.496. The monoisotopic (exact) mass is 319 g/mol. The molecule has 0 fully saturated rings. The molecule has 0 amide bonds. The highest BCUT2D eigenvalue weighted by Gasteiger charge is 2.12. The molecule has 0 bridgehead atoms. The van der Waals surface area contributed by atoms with Crippen molar-refractivity contribution in [2.24, 2.45) is 0 Å². The number of hydrogen-bond acceptors (Lipinski definition) is 3. The Morgan fingerprint density at radius 3 is 2.74 bits per heavy atom. The number of fused-ring (bicyclic) bond motifs is 1. The summed E-state index contributed by atoms with van der Waals surface area (Å²) in [4.78, 5) is 13.7. The largest absolute Gasteiger partial charge is 0.417 e. The molecule has 3 rings (SSSR count). The number of benzene rings is 2. The summed E-state index contributed by atoms with van der Waals surface area (Å²) < 4.78 is 5.89. The lowest BCUT2D eigenvalue weighted by atomic mass is 10.0. The lowest BCUT2D eigenvalue weighted by molar-refractivity contribution is 0.220. The summed E-state index contributed by atoms with van der Waals surface area (Å²) in [6.45, 7) is 0. The molecule has 5 heteroatoms. The van der Waals surface area contributed by atoms with Crippen LogP contribution in [0.3, 0.4) is 0 Å². The van der Waals surface area contributed by atoms with Crippen LogP contribution in [0.15, 0.2) is 56.1 Å². The van der Waals surface area contributed by atoms with Crippen LogP contribution in [0.4, 0.5) is 0 Å². The van der Waals surface area contributed by atoms with Gasteiger partial charge in [-0.3, -0.25) is 4.98 Å². The predicted octanol–water partition coefficient (Wildman–Crippen LogP) is 2.97. The number of halogens is 1. The number of rotatable bonds is 2. The number of aliphatic hydroxyl groups excluding tert-OH is 1. The van der Waals surface area contributed by atoms with Crippen molar-refractivity contribution in [3.63, 3.8) is 0 Å². The van der Waals surface area contributed by atoms with Gasteiger partial charge in [-0.05, 0) is 35.4 Å². The van der Waals surface area contributed by atoms with Crippen LogP contribution in [0.2, 0.25) is 0 Å². The van der Waals surface area contributed by atoms with E-state index >= 15 is 0 Å². The molecular weight excluding hydrogens is 310 g/mol. The van der Waals surface area contributed by atoms with Gasteiger partial charge in [0.05, 0.1) is 5.52 Å². The average Bonchev–Trinajstić information content (AvgIpc) is 2.76. The maximum atomic E-state index is 11.1. The van der Waals surface area contributed by atoms with Crippen LogP contribution in [0.25, 0.3) is 11.1 Å². The van der Waals surface area contributed by atoms with Crippen LogP contribution in [0.5, 0.6) is 0 Å². The van der Waals surface area contributed by atoms with Crippen LogP contribution in [0, 0.1) is 0 Å². The minimum atomic E-state index is -0.762. The van der Waals surface area contributed by atoms with Gasteiger partial charge in [-0.15, -0.1) is 0 Å². The Morgan fingerprint density at radius 1 is 1.16 bits per heavy atom. The third kappa shape index (κ3) is 2.34. The molecule has 0 aliphatic heterocycles. The summed E-state index contributed by atoms with van der Waals surface area (Å²) in [6, 6.07) is 12.6. The summed E-state index contributed by atoms with van der Waals surface area (Å²) >= 11 is 3.37. The first-order valence-electron chi connectivity index (χ1n) is 5.70. The smallest absolute Gasteiger partial charge is 0.408 e. The second kappa shape index (κ2) is 4.68. The lowest BCUT2D eigenvalue weighted by Gasteiger charge is -2.11. The molecule has 1 aromatic heterocycles. The second-order valence-electron chi connectivity index (χ2n) is 4.23. The van der Waals surface area contributed by atoms with Crippen molar-refractivity contribution in [2.75, 3.05) is 0 Å². The maximum absolute atomic E-state index is 11.1. The van der Waals surface area contributed by atoms with Gasteiger partial charge in [0.2, 0.25) is 0 Å². The molecule has 2 N–H and O–H groups in total. The van der Waals surface area contributed by atoms with E-state index in [0.29, 0.717) is 16.7 Å². The molecule has 0 saturated heterocycles. The van der Waals surface area contributed by atoms with Crippen LogP contribution < -0.4 is 5.76 Å². The van der Waals surface area contributed by atoms with E-state index < -0.39 is 11.9 Å². The molecule has 4 nitrogen and oxygen atoms in total. The van der Waals surface area contributed by atoms with E-state index in [1.165, 1.54) is 0 Å². The fourth-order valence-electron chi connectivity index (χ4n) is 2.00. The zero-order valence-corrected chi connectivity index (χ0v) is 11.3. The Labute approximate surface area is 116 Å². The lowest BCUT2D eigenvalue weighted by Crippen LogP contribution is -1.99. The molecule has 0 saturated carbocycles. The number of aromatic nitrogens is 1. The molecule has 0 aliphatic carbocycles. The van der Waals surface area contributed by atoms with Gasteiger partial charge in [0.25, 0.3) is 0 Å². The number of aromatic amines is 1. The summed E-state index contributed by atoms with van der Waals surface area (Å²) in [6.07, 6.45) is -0.762. The number of H-pyrrole nitrogens is 1. The van der Waals surface area contributed by atoms with E-state index in [1.807, 2.05) is 24.3 Å². The molecule has 0 aliphatic rings. The van der Waals surface area contributed by atoms with Crippen LogP contribution >= 0.6 is 15.9 Å². The first kappa shape index (κ1) is 12.2. The van der Waals surface area contributed by atoms with Gasteiger partial charge in [0.1, 0.15) is 6.10 Å². The number of aliphatic hydroxyl groups is 1. The van der Waals surface area contributed by atoms with Gasteiger partial charge < -0.3 is 9.52 Å². The number of oxazole rings is 1. The molecule has 0 radical (unpaired) electrons. The first-order chi connectivity index (χ1) is 9.13. The Balaban J connectivity index is 2.05. The van der Waals surface area contributed by atoms with Crippen molar-refractivity contribution in [3.05, 3.63) is 68.6 Å². The van der Waals surface area contributed by atoms with Gasteiger partial charge in [-0.2, -0.15) is 0 Å². The van der Waals surface area contributed by atoms with Crippen LogP contribution in [0.1, 0.15) is 17.2 Å². The van der Waals surface area contributed by atoms with E-state index in [4.69, 9.17) is 4.42 Å². The SMILES string of the molecule is O=c1[nH]c2ccc(C(O)c3cccc(Br)c3)cc2o1. The van der Waals surface area contributed by atoms with Crippen molar-refractivity contribution < 1.29 is 9.52 Å². The summed E-state index contributed by atoms with van der Waals surface area (Å²) in [7, 11) is 0. The number of nitrogens with one attached hydrogen (secondary N) is 1. The van der Waals surface area contributed by atoms with Gasteiger partial charge >= 0.3 is 5.76 Å². The molecule has 0 spiro atoms. The van der Waals surface area contributed by atoms with Gasteiger partial charge in [-0.1, -0.05) is 34.1 Å². The van der Waals surface area contributed by atoms with Crippen molar-refractivity contribution in [2.45, 2.75) is 6.10 Å². The molecule has 19 heavy (non-hydrogen) atoms. The Morgan fingerprint density at radius 2 is 1.95 bits per heavy atom. The zero-order valence-electron chi connectivity index (χ0n) is 9.76. The third-order valence-corrected chi connectivity index (χ3v) is 3.42. The predicted molar refractivity (Wildman–Crippen MR) is 75.0 cm³/mol. The van der Waals surface area contributed by atoms with Crippen molar-refractivity contribution in [1.29, 1.82) is 0 Å². The molecule has 1 atom stereocenters. The Hall–Kier alpha value is -1.85. The second-order valence-corrected chi connectivity index (χ2v) is 5.14. The van der Waals surface area contributed by atoms with Crippen LogP contribution in [-0.4, -0.2) is 10.1 Å². The van der Waals surface area contributed by atoms with Gasteiger partial charge in [0.15, 0.2) is 5.58 Å². The van der Waals surface area contributed by atoms with Gasteiger partial charge in [0, 0.05) is 4.47 Å². The van der Waals surface area contributed by atoms with E-state index in [1.54, 1.807) is 18.2 Å². The topological polar surface area (TPSA) is 66.2 Å². The van der Waals surface area contributed by atoms with E-state index in [2.05, 4.69) is 20.9 Å². The normalized spacial score (nSPS) is 12.7. The van der Waals surface area contributed by atoms with E-state index in [0.717, 1.165) is 10.0 Å². The summed E-state index contributed by atoms with van der Waals surface area (Å²) in [5, 5.41) is 10.3. The highest BCUT2D eigenvalue weighted by Crippen LogP contribution is 2.26. The standard InChI is InChI=1S/C14H10BrNO3/c15-10-3-1-2-8(6-10)13(17)9-4-5-11-12(7-9)19-14(18)16-11/h1-7,13,17H,(H,16,18). The van der Waals surface area contributed by atoms with E-state index in [9.17, 15) is 9.90 Å². The quantitative estimate of drug-likeness (QED) is 0.763. The maximum Gasteiger partial charge on any atom is 0.417 e. The van der Waals surface area contributed by atoms with Crippen molar-refractivity contribution in [3.8, 4) is 0 Å². The van der Waals surface area contributed by atoms with Crippen molar-refractivity contribution in [1.82, 2.24) is 4.98 Å². The van der Waals surface area contributed by atoms with Crippen molar-refractivity contribution >= 4 is 27.0 Å².